The van der Waals surface area contributed by atoms with Crippen LogP contribution in [-0.2, 0) is 4.74 Å². The number of halogens is 1. The molecule has 0 aliphatic carbocycles. The zero-order valence-corrected chi connectivity index (χ0v) is 12.3. The lowest BCUT2D eigenvalue weighted by atomic mass is 10.1. The Morgan fingerprint density at radius 1 is 1.47 bits per heavy atom. The lowest BCUT2D eigenvalue weighted by molar-refractivity contribution is -0.0714. The minimum absolute atomic E-state index is 0.00560. The van der Waals surface area contributed by atoms with E-state index in [1.807, 2.05) is 31.2 Å². The smallest absolute Gasteiger partial charge is 0.0967 e. The summed E-state index contributed by atoms with van der Waals surface area (Å²) in [7, 11) is 0. The van der Waals surface area contributed by atoms with Crippen molar-refractivity contribution in [3.8, 4) is 0 Å². The Kier molecular flexibility index (Phi) is 5.22. The average Bonchev–Trinajstić information content (AvgIpc) is 2.42. The second-order valence-electron chi connectivity index (χ2n) is 5.21. The largest absolute Gasteiger partial charge is 0.392 e. The van der Waals surface area contributed by atoms with Crippen molar-refractivity contribution in [3.05, 3.63) is 34.9 Å². The van der Waals surface area contributed by atoms with E-state index in [0.717, 1.165) is 23.6 Å². The molecule has 4 heteroatoms. The molecule has 1 heterocycles. The Balaban J connectivity index is 2.07. The summed E-state index contributed by atoms with van der Waals surface area (Å²) >= 11 is 6.23. The molecule has 0 saturated carbocycles. The number of ether oxygens (including phenoxy) is 1. The Hall–Kier alpha value is -0.610. The van der Waals surface area contributed by atoms with Gasteiger partial charge in [0.25, 0.3) is 0 Å². The molecule has 3 nitrogen and oxygen atoms in total. The number of hydrogen-bond acceptors (Lipinski definition) is 3. The molecule has 2 rings (SSSR count). The van der Waals surface area contributed by atoms with Gasteiger partial charge in [-0.3, -0.25) is 4.90 Å². The number of aliphatic hydroxyl groups is 1. The van der Waals surface area contributed by atoms with Crippen molar-refractivity contribution < 1.29 is 9.84 Å². The van der Waals surface area contributed by atoms with E-state index >= 15 is 0 Å². The van der Waals surface area contributed by atoms with Gasteiger partial charge in [0.1, 0.15) is 0 Å². The lowest BCUT2D eigenvalue weighted by Crippen LogP contribution is -2.48. The standard InChI is InChI=1S/C15H22ClNO2/c1-3-12(18)8-17-9-15(19-10-11(17)2)13-6-4-5-7-14(13)16/h4-7,11-12,15,18H,3,8-10H2,1-2H3. The van der Waals surface area contributed by atoms with Crippen molar-refractivity contribution in [1.82, 2.24) is 4.90 Å². The maximum atomic E-state index is 9.83. The van der Waals surface area contributed by atoms with E-state index < -0.39 is 0 Å². The third-order valence-corrected chi connectivity index (χ3v) is 4.08. The Bertz CT molecular complexity index is 413. The first kappa shape index (κ1) is 14.8. The van der Waals surface area contributed by atoms with Crippen LogP contribution in [0, 0.1) is 0 Å². The molecule has 0 radical (unpaired) electrons. The number of aliphatic hydroxyl groups excluding tert-OH is 1. The van der Waals surface area contributed by atoms with Crippen molar-refractivity contribution in [3.63, 3.8) is 0 Å². The van der Waals surface area contributed by atoms with Gasteiger partial charge in [-0.15, -0.1) is 0 Å². The number of morpholine rings is 1. The van der Waals surface area contributed by atoms with E-state index in [1.165, 1.54) is 0 Å². The summed E-state index contributed by atoms with van der Waals surface area (Å²) in [5, 5.41) is 10.6. The Morgan fingerprint density at radius 2 is 2.21 bits per heavy atom. The number of benzene rings is 1. The lowest BCUT2D eigenvalue weighted by Gasteiger charge is -2.39. The van der Waals surface area contributed by atoms with Gasteiger partial charge in [-0.2, -0.15) is 0 Å². The van der Waals surface area contributed by atoms with E-state index in [4.69, 9.17) is 16.3 Å². The van der Waals surface area contributed by atoms with Crippen LogP contribution < -0.4 is 0 Å². The molecule has 3 atom stereocenters. The molecule has 1 fully saturated rings. The molecule has 3 unspecified atom stereocenters. The van der Waals surface area contributed by atoms with Crippen LogP contribution in [0.3, 0.4) is 0 Å². The summed E-state index contributed by atoms with van der Waals surface area (Å²) in [6.07, 6.45) is 0.502. The van der Waals surface area contributed by atoms with Gasteiger partial charge in [-0.1, -0.05) is 36.7 Å². The quantitative estimate of drug-likeness (QED) is 0.922. The fourth-order valence-electron chi connectivity index (χ4n) is 2.39. The minimum atomic E-state index is -0.271. The zero-order chi connectivity index (χ0) is 13.8. The van der Waals surface area contributed by atoms with Crippen molar-refractivity contribution in [1.29, 1.82) is 0 Å². The summed E-state index contributed by atoms with van der Waals surface area (Å²) < 4.78 is 5.89. The van der Waals surface area contributed by atoms with Gasteiger partial charge in [-0.05, 0) is 19.4 Å². The fraction of sp³-hybridized carbons (Fsp3) is 0.600. The third kappa shape index (κ3) is 3.69. The SMILES string of the molecule is CCC(O)CN1CC(c2ccccc2Cl)OCC1C. The van der Waals surface area contributed by atoms with Crippen molar-refractivity contribution in [2.24, 2.45) is 0 Å². The third-order valence-electron chi connectivity index (χ3n) is 3.73. The highest BCUT2D eigenvalue weighted by Crippen LogP contribution is 2.29. The second kappa shape index (κ2) is 6.71. The monoisotopic (exact) mass is 283 g/mol. The molecule has 0 bridgehead atoms. The van der Waals surface area contributed by atoms with Gasteiger partial charge >= 0.3 is 0 Å². The van der Waals surface area contributed by atoms with Crippen LogP contribution in [0.1, 0.15) is 31.9 Å². The molecule has 106 valence electrons. The molecule has 0 aromatic heterocycles. The van der Waals surface area contributed by atoms with E-state index in [-0.39, 0.29) is 12.2 Å². The Labute approximate surface area is 120 Å². The molecule has 1 saturated heterocycles. The molecule has 1 aliphatic heterocycles. The second-order valence-corrected chi connectivity index (χ2v) is 5.62. The number of hydrogen-bond donors (Lipinski definition) is 1. The topological polar surface area (TPSA) is 32.7 Å². The molecule has 19 heavy (non-hydrogen) atoms. The van der Waals surface area contributed by atoms with Crippen molar-refractivity contribution in [2.75, 3.05) is 19.7 Å². The number of nitrogens with zero attached hydrogens (tertiary/aromatic N) is 1. The van der Waals surface area contributed by atoms with Gasteiger partial charge in [0.2, 0.25) is 0 Å². The van der Waals surface area contributed by atoms with Crippen LogP contribution in [0.2, 0.25) is 5.02 Å². The highest BCUT2D eigenvalue weighted by atomic mass is 35.5. The zero-order valence-electron chi connectivity index (χ0n) is 11.6. The maximum Gasteiger partial charge on any atom is 0.0967 e. The first-order valence-electron chi connectivity index (χ1n) is 6.90. The van der Waals surface area contributed by atoms with E-state index in [9.17, 15) is 5.11 Å². The summed E-state index contributed by atoms with van der Waals surface area (Å²) in [5.41, 5.74) is 1.03. The van der Waals surface area contributed by atoms with Crippen LogP contribution in [-0.4, -0.2) is 41.8 Å². The molecule has 1 aromatic carbocycles. The summed E-state index contributed by atoms with van der Waals surface area (Å²) in [6.45, 7) is 6.28. The number of rotatable bonds is 4. The highest BCUT2D eigenvalue weighted by molar-refractivity contribution is 6.31. The number of β-amino-alcohol motifs (C(OH)–C–C–N with tert-alkyl or cyclic N) is 1. The summed E-state index contributed by atoms with van der Waals surface area (Å²) in [6, 6.07) is 8.14. The molecule has 1 aromatic rings. The van der Waals surface area contributed by atoms with Crippen molar-refractivity contribution in [2.45, 2.75) is 38.5 Å². The highest BCUT2D eigenvalue weighted by Gasteiger charge is 2.29. The molecule has 1 N–H and O–H groups in total. The maximum absolute atomic E-state index is 9.83. The van der Waals surface area contributed by atoms with Crippen LogP contribution in [0.5, 0.6) is 0 Å². The summed E-state index contributed by atoms with van der Waals surface area (Å²) in [5.74, 6) is 0. The molecule has 0 spiro atoms. The predicted molar refractivity (Wildman–Crippen MR) is 77.5 cm³/mol. The molecular formula is C15H22ClNO2. The van der Waals surface area contributed by atoms with E-state index in [1.54, 1.807) is 0 Å². The van der Waals surface area contributed by atoms with Crippen LogP contribution in [0.25, 0.3) is 0 Å². The molecule has 1 aliphatic rings. The minimum Gasteiger partial charge on any atom is -0.392 e. The van der Waals surface area contributed by atoms with E-state index in [0.29, 0.717) is 19.2 Å². The predicted octanol–water partition coefficient (Wildman–Crippen LogP) is 2.87. The Morgan fingerprint density at radius 3 is 2.89 bits per heavy atom. The van der Waals surface area contributed by atoms with Gasteiger partial charge in [-0.25, -0.2) is 0 Å². The van der Waals surface area contributed by atoms with Crippen LogP contribution >= 0.6 is 11.6 Å². The van der Waals surface area contributed by atoms with Gasteiger partial charge in [0.15, 0.2) is 0 Å². The van der Waals surface area contributed by atoms with E-state index in [2.05, 4.69) is 11.8 Å². The first-order valence-corrected chi connectivity index (χ1v) is 7.27. The van der Waals surface area contributed by atoms with Gasteiger partial charge in [0, 0.05) is 29.7 Å². The van der Waals surface area contributed by atoms with Gasteiger partial charge in [0.05, 0.1) is 18.8 Å². The van der Waals surface area contributed by atoms with Crippen LogP contribution in [0.15, 0.2) is 24.3 Å². The first-order chi connectivity index (χ1) is 9.11. The molecular weight excluding hydrogens is 262 g/mol. The van der Waals surface area contributed by atoms with Crippen molar-refractivity contribution >= 4 is 11.6 Å². The summed E-state index contributed by atoms with van der Waals surface area (Å²) in [4.78, 5) is 2.28. The van der Waals surface area contributed by atoms with Crippen LogP contribution in [0.4, 0.5) is 0 Å². The molecule has 0 amide bonds. The average molecular weight is 284 g/mol. The normalized spacial score (nSPS) is 26.3. The fourth-order valence-corrected chi connectivity index (χ4v) is 2.64. The van der Waals surface area contributed by atoms with Gasteiger partial charge < -0.3 is 9.84 Å².